The van der Waals surface area contributed by atoms with E-state index in [2.05, 4.69) is 10.3 Å². The Hall–Kier alpha value is -1.36. The average Bonchev–Trinajstić information content (AvgIpc) is 2.15. The fraction of sp³-hybridized carbons (Fsp3) is 0.375. The van der Waals surface area contributed by atoms with E-state index in [1.165, 1.54) is 24.0 Å². The Morgan fingerprint density at radius 1 is 1.71 bits per heavy atom. The molecule has 1 aromatic heterocycles. The lowest BCUT2D eigenvalue weighted by Gasteiger charge is -2.12. The van der Waals surface area contributed by atoms with Gasteiger partial charge in [0.2, 0.25) is 5.91 Å². The molecule has 0 bridgehead atoms. The van der Waals surface area contributed by atoms with Gasteiger partial charge in [0.25, 0.3) is 5.56 Å². The third kappa shape index (κ3) is 2.11. The van der Waals surface area contributed by atoms with Crippen molar-refractivity contribution < 1.29 is 4.79 Å². The smallest absolute Gasteiger partial charge is 0.255 e. The van der Waals surface area contributed by atoms with Crippen LogP contribution >= 0.6 is 11.6 Å². The number of hydrogen-bond donors (Lipinski definition) is 1. The molecule has 0 saturated carbocycles. The molecule has 0 saturated heterocycles. The first-order chi connectivity index (χ1) is 6.56. The predicted octanol–water partition coefficient (Wildman–Crippen LogP) is 0.204. The summed E-state index contributed by atoms with van der Waals surface area (Å²) in [6.45, 7) is 1.61. The Morgan fingerprint density at radius 3 is 2.86 bits per heavy atom. The van der Waals surface area contributed by atoms with Crippen molar-refractivity contribution in [3.8, 4) is 0 Å². The van der Waals surface area contributed by atoms with Gasteiger partial charge < -0.3 is 5.32 Å². The zero-order chi connectivity index (χ0) is 10.7. The third-order valence-corrected chi connectivity index (χ3v) is 2.05. The van der Waals surface area contributed by atoms with Gasteiger partial charge in [0.05, 0.1) is 6.33 Å². The Labute approximate surface area is 85.7 Å². The topological polar surface area (TPSA) is 64.0 Å². The molecule has 1 rings (SSSR count). The Bertz CT molecular complexity index is 402. The van der Waals surface area contributed by atoms with Crippen molar-refractivity contribution >= 4 is 17.5 Å². The van der Waals surface area contributed by atoms with E-state index in [1.807, 2.05) is 0 Å². The SMILES string of the molecule is CNC(=O)C(C)n1cnc(Cl)cc1=O. The van der Waals surface area contributed by atoms with Gasteiger partial charge in [-0.3, -0.25) is 14.2 Å². The number of hydrogen-bond acceptors (Lipinski definition) is 3. The minimum absolute atomic E-state index is 0.121. The van der Waals surface area contributed by atoms with Crippen LogP contribution in [-0.4, -0.2) is 22.5 Å². The summed E-state index contributed by atoms with van der Waals surface area (Å²) in [5, 5.41) is 2.57. The van der Waals surface area contributed by atoms with Crippen LogP contribution in [0.25, 0.3) is 0 Å². The van der Waals surface area contributed by atoms with Gasteiger partial charge in [-0.1, -0.05) is 11.6 Å². The summed E-state index contributed by atoms with van der Waals surface area (Å²) in [4.78, 5) is 26.3. The van der Waals surface area contributed by atoms with Gasteiger partial charge in [0.1, 0.15) is 11.2 Å². The molecular weight excluding hydrogens is 206 g/mol. The van der Waals surface area contributed by atoms with Gasteiger partial charge in [-0.25, -0.2) is 4.98 Å². The van der Waals surface area contributed by atoms with Gasteiger partial charge in [0, 0.05) is 13.1 Å². The molecule has 0 aliphatic rings. The number of carbonyl (C=O) groups is 1. The Balaban J connectivity index is 3.08. The van der Waals surface area contributed by atoms with Crippen LogP contribution in [0.15, 0.2) is 17.2 Å². The van der Waals surface area contributed by atoms with Crippen LogP contribution in [0.2, 0.25) is 5.15 Å². The molecule has 1 aromatic rings. The third-order valence-electron chi connectivity index (χ3n) is 1.85. The van der Waals surface area contributed by atoms with Crippen molar-refractivity contribution in [2.45, 2.75) is 13.0 Å². The van der Waals surface area contributed by atoms with Crippen molar-refractivity contribution in [1.29, 1.82) is 0 Å². The summed E-state index contributed by atoms with van der Waals surface area (Å²) in [7, 11) is 1.51. The summed E-state index contributed by atoms with van der Waals surface area (Å²) in [6.07, 6.45) is 1.25. The van der Waals surface area contributed by atoms with E-state index in [-0.39, 0.29) is 16.6 Å². The second-order valence-electron chi connectivity index (χ2n) is 2.75. The number of carbonyl (C=O) groups excluding carboxylic acids is 1. The van der Waals surface area contributed by atoms with E-state index in [0.29, 0.717) is 0 Å². The molecule has 5 nitrogen and oxygen atoms in total. The van der Waals surface area contributed by atoms with Crippen molar-refractivity contribution in [2.75, 3.05) is 7.05 Å². The van der Waals surface area contributed by atoms with E-state index < -0.39 is 6.04 Å². The number of likely N-dealkylation sites (N-methyl/N-ethyl adjacent to an activating group) is 1. The fourth-order valence-electron chi connectivity index (χ4n) is 1.01. The van der Waals surface area contributed by atoms with Crippen LogP contribution in [-0.2, 0) is 4.79 Å². The van der Waals surface area contributed by atoms with E-state index in [4.69, 9.17) is 11.6 Å². The lowest BCUT2D eigenvalue weighted by molar-refractivity contribution is -0.123. The lowest BCUT2D eigenvalue weighted by atomic mass is 10.3. The number of nitrogens with zero attached hydrogens (tertiary/aromatic N) is 2. The highest BCUT2D eigenvalue weighted by Gasteiger charge is 2.14. The van der Waals surface area contributed by atoms with E-state index in [9.17, 15) is 9.59 Å². The molecule has 1 N–H and O–H groups in total. The highest BCUT2D eigenvalue weighted by molar-refractivity contribution is 6.29. The van der Waals surface area contributed by atoms with Gasteiger partial charge >= 0.3 is 0 Å². The van der Waals surface area contributed by atoms with Crippen molar-refractivity contribution in [2.24, 2.45) is 0 Å². The molecule has 1 atom stereocenters. The first-order valence-corrected chi connectivity index (χ1v) is 4.39. The molecule has 1 heterocycles. The van der Waals surface area contributed by atoms with Crippen molar-refractivity contribution in [3.63, 3.8) is 0 Å². The molecule has 6 heteroatoms. The zero-order valence-electron chi connectivity index (χ0n) is 7.82. The van der Waals surface area contributed by atoms with Crippen LogP contribution in [0.1, 0.15) is 13.0 Å². The van der Waals surface area contributed by atoms with E-state index >= 15 is 0 Å². The Kier molecular flexibility index (Phi) is 3.24. The number of halogens is 1. The standard InChI is InChI=1S/C8H10ClN3O2/c1-5(8(14)10-2)12-4-11-6(9)3-7(12)13/h3-5H,1-2H3,(H,10,14). The minimum Gasteiger partial charge on any atom is -0.357 e. The van der Waals surface area contributed by atoms with Gasteiger partial charge in [-0.15, -0.1) is 0 Å². The lowest BCUT2D eigenvalue weighted by Crippen LogP contribution is -2.33. The fourth-order valence-corrected chi connectivity index (χ4v) is 1.15. The second-order valence-corrected chi connectivity index (χ2v) is 3.13. The van der Waals surface area contributed by atoms with E-state index in [1.54, 1.807) is 6.92 Å². The summed E-state index contributed by atoms with van der Waals surface area (Å²) in [5.74, 6) is -0.253. The maximum absolute atomic E-state index is 11.4. The highest BCUT2D eigenvalue weighted by atomic mass is 35.5. The van der Waals surface area contributed by atoms with Crippen molar-refractivity contribution in [1.82, 2.24) is 14.9 Å². The summed E-state index contributed by atoms with van der Waals surface area (Å²) >= 11 is 5.51. The van der Waals surface area contributed by atoms with E-state index in [0.717, 1.165) is 0 Å². The number of nitrogens with one attached hydrogen (secondary N) is 1. The van der Waals surface area contributed by atoms with Crippen molar-refractivity contribution in [3.05, 3.63) is 27.9 Å². The van der Waals surface area contributed by atoms with Gasteiger partial charge in [-0.2, -0.15) is 0 Å². The summed E-state index contributed by atoms with van der Waals surface area (Å²) in [5.41, 5.74) is -0.346. The number of rotatable bonds is 2. The molecule has 0 spiro atoms. The maximum atomic E-state index is 11.4. The molecule has 0 aliphatic heterocycles. The monoisotopic (exact) mass is 215 g/mol. The Morgan fingerprint density at radius 2 is 2.36 bits per heavy atom. The molecule has 0 aromatic carbocycles. The molecule has 1 amide bonds. The number of amides is 1. The molecule has 14 heavy (non-hydrogen) atoms. The summed E-state index contributed by atoms with van der Waals surface area (Å²) in [6, 6.07) is 0.582. The maximum Gasteiger partial charge on any atom is 0.255 e. The molecule has 0 fully saturated rings. The molecule has 0 radical (unpaired) electrons. The molecule has 1 unspecified atom stereocenters. The van der Waals surface area contributed by atoms with Crippen LogP contribution in [0.3, 0.4) is 0 Å². The van der Waals surface area contributed by atoms with Crippen LogP contribution < -0.4 is 10.9 Å². The van der Waals surface area contributed by atoms with Crippen LogP contribution in [0.5, 0.6) is 0 Å². The molecular formula is C8H10ClN3O2. The largest absolute Gasteiger partial charge is 0.357 e. The highest BCUT2D eigenvalue weighted by Crippen LogP contribution is 2.03. The second kappa shape index (κ2) is 4.23. The van der Waals surface area contributed by atoms with Crippen LogP contribution in [0.4, 0.5) is 0 Å². The first kappa shape index (κ1) is 10.7. The van der Waals surface area contributed by atoms with Crippen LogP contribution in [0, 0.1) is 0 Å². The number of aromatic nitrogens is 2. The normalized spacial score (nSPS) is 12.2. The molecule has 76 valence electrons. The quantitative estimate of drug-likeness (QED) is 0.717. The molecule has 0 aliphatic carbocycles. The minimum atomic E-state index is -0.586. The average molecular weight is 216 g/mol. The predicted molar refractivity (Wildman–Crippen MR) is 52.3 cm³/mol. The van der Waals surface area contributed by atoms with Gasteiger partial charge in [-0.05, 0) is 6.92 Å². The first-order valence-electron chi connectivity index (χ1n) is 4.01. The summed E-state index contributed by atoms with van der Waals surface area (Å²) < 4.78 is 1.21. The zero-order valence-corrected chi connectivity index (χ0v) is 8.58. The van der Waals surface area contributed by atoms with Gasteiger partial charge in [0.15, 0.2) is 0 Å².